The fraction of sp³-hybridized carbons (Fsp3) is 0. The fourth-order valence-electron chi connectivity index (χ4n) is 0.846. The molecular formula is C7H7N3O3. The Hall–Kier alpha value is -2.11. The smallest absolute Gasteiger partial charge is 0.271 e. The van der Waals surface area contributed by atoms with Crippen molar-refractivity contribution in [1.82, 2.24) is 0 Å². The number of nitro groups is 1. The minimum absolute atomic E-state index is 0.112. The van der Waals surface area contributed by atoms with Crippen molar-refractivity contribution < 1.29 is 9.72 Å². The highest BCUT2D eigenvalue weighted by Gasteiger charge is 2.07. The molecule has 0 spiro atoms. The summed E-state index contributed by atoms with van der Waals surface area (Å²) in [5, 5.41) is 12.6. The highest BCUT2D eigenvalue weighted by molar-refractivity contribution is 5.81. The van der Waals surface area contributed by atoms with Gasteiger partial charge >= 0.3 is 0 Å². The predicted octanol–water partition coefficient (Wildman–Crippen LogP) is 0.745. The van der Waals surface area contributed by atoms with E-state index in [1.807, 2.05) is 0 Å². The molecule has 0 saturated carbocycles. The molecule has 1 amide bonds. The number of nitro benzene ring substituents is 1. The van der Waals surface area contributed by atoms with E-state index in [0.717, 1.165) is 0 Å². The van der Waals surface area contributed by atoms with Gasteiger partial charge in [-0.2, -0.15) is 0 Å². The monoisotopic (exact) mass is 181 g/mol. The summed E-state index contributed by atoms with van der Waals surface area (Å²) in [6, 6.07) is 3.83. The van der Waals surface area contributed by atoms with Crippen molar-refractivity contribution in [2.45, 2.75) is 0 Å². The lowest BCUT2D eigenvalue weighted by Crippen LogP contribution is -2.00. The van der Waals surface area contributed by atoms with Gasteiger partial charge in [0.1, 0.15) is 0 Å². The standard InChI is InChI=1S/C7H7N3O3/c8-6-2-1-5(10(12)13)3-7(6)9-4-11/h1-4H,8H2,(H,9,11). The Bertz CT molecular complexity index is 351. The van der Waals surface area contributed by atoms with Crippen LogP contribution in [-0.4, -0.2) is 11.3 Å². The first-order chi connectivity index (χ1) is 6.15. The molecule has 0 aliphatic rings. The van der Waals surface area contributed by atoms with Crippen molar-refractivity contribution in [2.75, 3.05) is 11.1 Å². The normalized spacial score (nSPS) is 9.23. The maximum atomic E-state index is 10.3. The molecule has 0 atom stereocenters. The van der Waals surface area contributed by atoms with Gasteiger partial charge in [-0.25, -0.2) is 0 Å². The highest BCUT2D eigenvalue weighted by Crippen LogP contribution is 2.23. The zero-order valence-electron chi connectivity index (χ0n) is 6.56. The molecule has 3 N–H and O–H groups in total. The molecule has 0 saturated heterocycles. The number of nitrogens with one attached hydrogen (secondary N) is 1. The van der Waals surface area contributed by atoms with Crippen molar-refractivity contribution in [3.63, 3.8) is 0 Å². The summed E-state index contributed by atoms with van der Waals surface area (Å²) in [7, 11) is 0. The number of non-ortho nitro benzene ring substituents is 1. The molecule has 1 aromatic carbocycles. The Kier molecular flexibility index (Phi) is 2.44. The fourth-order valence-corrected chi connectivity index (χ4v) is 0.846. The molecule has 6 heteroatoms. The molecule has 68 valence electrons. The van der Waals surface area contributed by atoms with Crippen LogP contribution in [0.1, 0.15) is 0 Å². The molecule has 1 rings (SSSR count). The van der Waals surface area contributed by atoms with Crippen LogP contribution in [-0.2, 0) is 4.79 Å². The number of amides is 1. The molecule has 0 aromatic heterocycles. The number of hydrogen-bond donors (Lipinski definition) is 2. The topological polar surface area (TPSA) is 98.3 Å². The molecule has 0 aliphatic heterocycles. The van der Waals surface area contributed by atoms with Crippen LogP contribution in [0.5, 0.6) is 0 Å². The maximum absolute atomic E-state index is 10.3. The largest absolute Gasteiger partial charge is 0.397 e. The van der Waals surface area contributed by atoms with Crippen molar-refractivity contribution in [1.29, 1.82) is 0 Å². The average molecular weight is 181 g/mol. The van der Waals surface area contributed by atoms with Gasteiger partial charge in [0.25, 0.3) is 5.69 Å². The molecule has 13 heavy (non-hydrogen) atoms. The van der Waals surface area contributed by atoms with E-state index in [0.29, 0.717) is 6.41 Å². The van der Waals surface area contributed by atoms with Gasteiger partial charge < -0.3 is 11.1 Å². The highest BCUT2D eigenvalue weighted by atomic mass is 16.6. The summed E-state index contributed by atoms with van der Waals surface area (Å²) < 4.78 is 0. The van der Waals surface area contributed by atoms with Crippen LogP contribution in [0.2, 0.25) is 0 Å². The van der Waals surface area contributed by atoms with Crippen LogP contribution in [0.4, 0.5) is 17.1 Å². The molecular weight excluding hydrogens is 174 g/mol. The third-order valence-corrected chi connectivity index (χ3v) is 1.46. The number of carbonyl (C=O) groups excluding carboxylic acids is 1. The molecule has 0 radical (unpaired) electrons. The summed E-state index contributed by atoms with van der Waals surface area (Å²) in [6.07, 6.45) is 0.412. The number of rotatable bonds is 3. The van der Waals surface area contributed by atoms with Gasteiger partial charge in [-0.1, -0.05) is 0 Å². The molecule has 0 fully saturated rings. The van der Waals surface area contributed by atoms with Gasteiger partial charge in [-0.15, -0.1) is 0 Å². The van der Waals surface area contributed by atoms with Crippen LogP contribution in [0.25, 0.3) is 0 Å². The first-order valence-electron chi connectivity index (χ1n) is 3.39. The Labute approximate surface area is 73.5 Å². The number of nitrogen functional groups attached to an aromatic ring is 1. The van der Waals surface area contributed by atoms with E-state index < -0.39 is 4.92 Å². The first kappa shape index (κ1) is 8.98. The van der Waals surface area contributed by atoms with E-state index in [2.05, 4.69) is 5.32 Å². The van der Waals surface area contributed by atoms with Gasteiger partial charge in [0.05, 0.1) is 16.3 Å². The van der Waals surface area contributed by atoms with Crippen molar-refractivity contribution >= 4 is 23.5 Å². The van der Waals surface area contributed by atoms with E-state index in [9.17, 15) is 14.9 Å². The predicted molar refractivity (Wildman–Crippen MR) is 47.2 cm³/mol. The number of anilines is 2. The lowest BCUT2D eigenvalue weighted by molar-refractivity contribution is -0.384. The molecule has 0 unspecified atom stereocenters. The van der Waals surface area contributed by atoms with E-state index >= 15 is 0 Å². The lowest BCUT2D eigenvalue weighted by Gasteiger charge is -2.01. The summed E-state index contributed by atoms with van der Waals surface area (Å²) in [5.74, 6) is 0. The zero-order valence-corrected chi connectivity index (χ0v) is 6.56. The van der Waals surface area contributed by atoms with E-state index in [1.165, 1.54) is 18.2 Å². The second-order valence-corrected chi connectivity index (χ2v) is 2.29. The van der Waals surface area contributed by atoms with Gasteiger partial charge in [0, 0.05) is 12.1 Å². The Balaban J connectivity index is 3.10. The average Bonchev–Trinajstić information content (AvgIpc) is 2.08. The summed E-state index contributed by atoms with van der Waals surface area (Å²) in [6.45, 7) is 0. The quantitative estimate of drug-likeness (QED) is 0.311. The van der Waals surface area contributed by atoms with E-state index in [-0.39, 0.29) is 17.1 Å². The summed E-state index contributed by atoms with van der Waals surface area (Å²) in [4.78, 5) is 19.8. The zero-order chi connectivity index (χ0) is 9.84. The Morgan fingerprint density at radius 3 is 2.77 bits per heavy atom. The minimum Gasteiger partial charge on any atom is -0.397 e. The van der Waals surface area contributed by atoms with Crippen LogP contribution in [0.3, 0.4) is 0 Å². The molecule has 0 aliphatic carbocycles. The third-order valence-electron chi connectivity index (χ3n) is 1.46. The van der Waals surface area contributed by atoms with Crippen molar-refractivity contribution in [2.24, 2.45) is 0 Å². The van der Waals surface area contributed by atoms with E-state index in [1.54, 1.807) is 0 Å². The van der Waals surface area contributed by atoms with Gasteiger partial charge in [-0.3, -0.25) is 14.9 Å². The number of benzene rings is 1. The number of carbonyl (C=O) groups is 1. The Morgan fingerprint density at radius 2 is 2.23 bits per heavy atom. The molecule has 6 nitrogen and oxygen atoms in total. The first-order valence-corrected chi connectivity index (χ1v) is 3.39. The number of nitrogens with two attached hydrogens (primary N) is 1. The van der Waals surface area contributed by atoms with Crippen molar-refractivity contribution in [3.05, 3.63) is 28.3 Å². The number of nitrogens with zero attached hydrogens (tertiary/aromatic N) is 1. The second-order valence-electron chi connectivity index (χ2n) is 2.29. The maximum Gasteiger partial charge on any atom is 0.271 e. The van der Waals surface area contributed by atoms with Crippen LogP contribution in [0, 0.1) is 10.1 Å². The molecule has 0 bridgehead atoms. The summed E-state index contributed by atoms with van der Waals surface area (Å²) >= 11 is 0. The Morgan fingerprint density at radius 1 is 1.54 bits per heavy atom. The SMILES string of the molecule is Nc1ccc([N+](=O)[O-])cc1NC=O. The van der Waals surface area contributed by atoms with Crippen LogP contribution in [0.15, 0.2) is 18.2 Å². The second kappa shape index (κ2) is 3.53. The molecule has 1 aromatic rings. The third kappa shape index (κ3) is 1.92. The minimum atomic E-state index is -0.560. The van der Waals surface area contributed by atoms with Crippen molar-refractivity contribution in [3.8, 4) is 0 Å². The van der Waals surface area contributed by atoms with Crippen LogP contribution >= 0.6 is 0 Å². The lowest BCUT2D eigenvalue weighted by atomic mass is 10.2. The van der Waals surface area contributed by atoms with Gasteiger partial charge in [0.15, 0.2) is 0 Å². The summed E-state index contributed by atoms with van der Waals surface area (Å²) in [5.41, 5.74) is 5.85. The van der Waals surface area contributed by atoms with Gasteiger partial charge in [-0.05, 0) is 6.07 Å². The number of hydrogen-bond acceptors (Lipinski definition) is 4. The van der Waals surface area contributed by atoms with E-state index in [4.69, 9.17) is 5.73 Å². The van der Waals surface area contributed by atoms with Gasteiger partial charge in [0.2, 0.25) is 6.41 Å². The van der Waals surface area contributed by atoms with Crippen LogP contribution < -0.4 is 11.1 Å². The molecule has 0 heterocycles.